The summed E-state index contributed by atoms with van der Waals surface area (Å²) in [6.07, 6.45) is 5.36. The predicted molar refractivity (Wildman–Crippen MR) is 108 cm³/mol. The first kappa shape index (κ1) is 19.2. The number of rotatable bonds is 4. The Labute approximate surface area is 167 Å². The summed E-state index contributed by atoms with van der Waals surface area (Å²) in [7, 11) is 0. The van der Waals surface area contributed by atoms with Crippen molar-refractivity contribution in [3.63, 3.8) is 0 Å². The second kappa shape index (κ2) is 8.47. The molecule has 3 aliphatic rings. The van der Waals surface area contributed by atoms with Crippen molar-refractivity contribution in [2.24, 2.45) is 5.92 Å². The molecule has 152 valence electrons. The molecular weight excluding hydrogens is 354 g/mol. The number of amides is 2. The number of anilines is 1. The lowest BCUT2D eigenvalue weighted by atomic mass is 9.96. The highest BCUT2D eigenvalue weighted by molar-refractivity contribution is 5.94. The van der Waals surface area contributed by atoms with Crippen LogP contribution in [0.25, 0.3) is 0 Å². The van der Waals surface area contributed by atoms with E-state index in [1.54, 1.807) is 6.20 Å². The summed E-state index contributed by atoms with van der Waals surface area (Å²) in [5.41, 5.74) is 0.667. The largest absolute Gasteiger partial charge is 0.354 e. The number of aromatic nitrogens is 1. The van der Waals surface area contributed by atoms with Gasteiger partial charge in [0.25, 0.3) is 5.91 Å². The average molecular weight is 386 g/mol. The molecule has 1 atom stereocenters. The number of piperazine rings is 1. The molecule has 7 heteroatoms. The van der Waals surface area contributed by atoms with Crippen LogP contribution in [0.5, 0.6) is 0 Å². The number of piperidine rings is 1. The molecule has 0 saturated carbocycles. The van der Waals surface area contributed by atoms with Gasteiger partial charge >= 0.3 is 0 Å². The van der Waals surface area contributed by atoms with E-state index in [2.05, 4.69) is 22.1 Å². The number of pyridine rings is 1. The normalized spacial score (nSPS) is 24.1. The van der Waals surface area contributed by atoms with Crippen molar-refractivity contribution >= 4 is 17.6 Å². The van der Waals surface area contributed by atoms with Gasteiger partial charge in [0.1, 0.15) is 5.82 Å². The topological polar surface area (TPSA) is 68.8 Å². The Morgan fingerprint density at radius 2 is 2.04 bits per heavy atom. The predicted octanol–water partition coefficient (Wildman–Crippen LogP) is 1.35. The standard InChI is InChI=1S/C21H31N5O2/c1-16-14-25(12-8-22-16)19-5-4-18(13-23-19)21(28)24-10-6-17(7-11-24)15-26-9-2-3-20(26)27/h4-5,13,16-17,22H,2-3,6-12,14-15H2,1H3/t16-/m0/s1. The molecule has 0 aromatic carbocycles. The van der Waals surface area contributed by atoms with E-state index in [4.69, 9.17) is 0 Å². The van der Waals surface area contributed by atoms with E-state index in [1.165, 1.54) is 0 Å². The zero-order valence-electron chi connectivity index (χ0n) is 16.8. The molecule has 3 saturated heterocycles. The summed E-state index contributed by atoms with van der Waals surface area (Å²) < 4.78 is 0. The van der Waals surface area contributed by atoms with Crippen molar-refractivity contribution in [1.29, 1.82) is 0 Å². The van der Waals surface area contributed by atoms with E-state index in [-0.39, 0.29) is 5.91 Å². The number of likely N-dealkylation sites (tertiary alicyclic amines) is 2. The Morgan fingerprint density at radius 1 is 1.21 bits per heavy atom. The van der Waals surface area contributed by atoms with E-state index in [0.717, 1.165) is 70.9 Å². The molecule has 28 heavy (non-hydrogen) atoms. The van der Waals surface area contributed by atoms with Gasteiger partial charge in [-0.05, 0) is 44.2 Å². The van der Waals surface area contributed by atoms with Gasteiger partial charge in [-0.3, -0.25) is 9.59 Å². The first-order chi connectivity index (χ1) is 13.6. The molecule has 3 fully saturated rings. The van der Waals surface area contributed by atoms with Crippen molar-refractivity contribution in [3.8, 4) is 0 Å². The van der Waals surface area contributed by atoms with Crippen LogP contribution in [0.15, 0.2) is 18.3 Å². The third-order valence-corrected chi connectivity index (χ3v) is 6.24. The maximum absolute atomic E-state index is 12.8. The van der Waals surface area contributed by atoms with Gasteiger partial charge in [0, 0.05) is 64.5 Å². The van der Waals surface area contributed by atoms with Gasteiger partial charge in [-0.2, -0.15) is 0 Å². The molecule has 2 amide bonds. The zero-order valence-corrected chi connectivity index (χ0v) is 16.8. The lowest BCUT2D eigenvalue weighted by Crippen LogP contribution is -2.49. The Balaban J connectivity index is 1.29. The third-order valence-electron chi connectivity index (χ3n) is 6.24. The second-order valence-corrected chi connectivity index (χ2v) is 8.39. The van der Waals surface area contributed by atoms with E-state index in [1.807, 2.05) is 21.9 Å². The summed E-state index contributed by atoms with van der Waals surface area (Å²) in [4.78, 5) is 35.4. The van der Waals surface area contributed by atoms with Gasteiger partial charge in [-0.1, -0.05) is 0 Å². The van der Waals surface area contributed by atoms with Gasteiger partial charge in [0.2, 0.25) is 5.91 Å². The third kappa shape index (κ3) is 4.29. The number of hydrogen-bond donors (Lipinski definition) is 1. The molecule has 0 radical (unpaired) electrons. The van der Waals surface area contributed by atoms with Gasteiger partial charge < -0.3 is 20.0 Å². The monoisotopic (exact) mass is 385 g/mol. The summed E-state index contributed by atoms with van der Waals surface area (Å²) in [6.45, 7) is 8.31. The Bertz CT molecular complexity index is 699. The van der Waals surface area contributed by atoms with Crippen molar-refractivity contribution in [3.05, 3.63) is 23.9 Å². The molecule has 4 heterocycles. The minimum atomic E-state index is 0.0726. The van der Waals surface area contributed by atoms with Crippen LogP contribution in [0.3, 0.4) is 0 Å². The molecular formula is C21H31N5O2. The van der Waals surface area contributed by atoms with Crippen LogP contribution in [0, 0.1) is 5.92 Å². The van der Waals surface area contributed by atoms with Crippen molar-refractivity contribution in [1.82, 2.24) is 20.1 Å². The Hall–Kier alpha value is -2.15. The molecule has 7 nitrogen and oxygen atoms in total. The minimum absolute atomic E-state index is 0.0726. The van der Waals surface area contributed by atoms with Gasteiger partial charge in [0.15, 0.2) is 0 Å². The van der Waals surface area contributed by atoms with E-state index in [9.17, 15) is 9.59 Å². The van der Waals surface area contributed by atoms with Gasteiger partial charge in [0.05, 0.1) is 5.56 Å². The molecule has 0 aliphatic carbocycles. The van der Waals surface area contributed by atoms with E-state index >= 15 is 0 Å². The lowest BCUT2D eigenvalue weighted by Gasteiger charge is -2.34. The number of nitrogens with zero attached hydrogens (tertiary/aromatic N) is 4. The number of hydrogen-bond acceptors (Lipinski definition) is 5. The number of carbonyl (C=O) groups is 2. The fraction of sp³-hybridized carbons (Fsp3) is 0.667. The van der Waals surface area contributed by atoms with Crippen LogP contribution in [-0.2, 0) is 4.79 Å². The van der Waals surface area contributed by atoms with Gasteiger partial charge in [-0.25, -0.2) is 4.98 Å². The highest BCUT2D eigenvalue weighted by Crippen LogP contribution is 2.23. The smallest absolute Gasteiger partial charge is 0.255 e. The minimum Gasteiger partial charge on any atom is -0.354 e. The molecule has 1 aromatic heterocycles. The number of carbonyl (C=O) groups excluding carboxylic acids is 2. The maximum atomic E-state index is 12.8. The molecule has 3 aliphatic heterocycles. The average Bonchev–Trinajstić information content (AvgIpc) is 3.13. The van der Waals surface area contributed by atoms with Crippen LogP contribution in [0.2, 0.25) is 0 Å². The van der Waals surface area contributed by atoms with Gasteiger partial charge in [-0.15, -0.1) is 0 Å². The maximum Gasteiger partial charge on any atom is 0.255 e. The van der Waals surface area contributed by atoms with Crippen LogP contribution < -0.4 is 10.2 Å². The summed E-state index contributed by atoms with van der Waals surface area (Å²) in [6, 6.07) is 4.33. The molecule has 0 spiro atoms. The van der Waals surface area contributed by atoms with Crippen LogP contribution in [-0.4, -0.2) is 78.5 Å². The van der Waals surface area contributed by atoms with E-state index in [0.29, 0.717) is 29.9 Å². The van der Waals surface area contributed by atoms with Crippen LogP contribution in [0.4, 0.5) is 5.82 Å². The first-order valence-electron chi connectivity index (χ1n) is 10.6. The molecule has 0 bridgehead atoms. The highest BCUT2D eigenvalue weighted by Gasteiger charge is 2.28. The quantitative estimate of drug-likeness (QED) is 0.848. The fourth-order valence-corrected chi connectivity index (χ4v) is 4.55. The molecule has 1 aromatic rings. The van der Waals surface area contributed by atoms with Crippen molar-refractivity contribution < 1.29 is 9.59 Å². The van der Waals surface area contributed by atoms with Crippen molar-refractivity contribution in [2.45, 2.75) is 38.6 Å². The summed E-state index contributed by atoms with van der Waals surface area (Å²) in [5, 5.41) is 3.43. The zero-order chi connectivity index (χ0) is 19.5. The molecule has 4 rings (SSSR count). The van der Waals surface area contributed by atoms with Crippen LogP contribution >= 0.6 is 0 Å². The van der Waals surface area contributed by atoms with E-state index < -0.39 is 0 Å². The first-order valence-corrected chi connectivity index (χ1v) is 10.6. The Morgan fingerprint density at radius 3 is 2.68 bits per heavy atom. The second-order valence-electron chi connectivity index (χ2n) is 8.39. The van der Waals surface area contributed by atoms with Crippen LogP contribution in [0.1, 0.15) is 43.0 Å². The van der Waals surface area contributed by atoms with Crippen molar-refractivity contribution in [2.75, 3.05) is 50.7 Å². The lowest BCUT2D eigenvalue weighted by molar-refractivity contribution is -0.128. The highest BCUT2D eigenvalue weighted by atomic mass is 16.2. The summed E-state index contributed by atoms with van der Waals surface area (Å²) in [5.74, 6) is 1.83. The SMILES string of the molecule is C[C@H]1CN(c2ccc(C(=O)N3CCC(CN4CCCC4=O)CC3)cn2)CCN1. The summed E-state index contributed by atoms with van der Waals surface area (Å²) >= 11 is 0. The number of nitrogens with one attached hydrogen (secondary N) is 1. The Kier molecular flexibility index (Phi) is 5.80. The molecule has 0 unspecified atom stereocenters. The fourth-order valence-electron chi connectivity index (χ4n) is 4.55. The molecule has 1 N–H and O–H groups in total.